The maximum Gasteiger partial charge on any atom is 0.314 e. The van der Waals surface area contributed by atoms with Crippen molar-refractivity contribution in [3.05, 3.63) is 71.4 Å². The Bertz CT molecular complexity index is 996. The zero-order valence-electron chi connectivity index (χ0n) is 17.7. The highest BCUT2D eigenvalue weighted by Gasteiger charge is 2.33. The molecule has 2 heterocycles. The van der Waals surface area contributed by atoms with Gasteiger partial charge in [0.05, 0.1) is 19.1 Å². The van der Waals surface area contributed by atoms with Gasteiger partial charge in [0.25, 0.3) is 0 Å². The fourth-order valence-electron chi connectivity index (χ4n) is 4.67. The van der Waals surface area contributed by atoms with Crippen LogP contribution in [0.5, 0.6) is 0 Å². The van der Waals surface area contributed by atoms with E-state index in [1.807, 2.05) is 25.1 Å². The molecule has 1 aliphatic rings. The Morgan fingerprint density at radius 2 is 1.93 bits per heavy atom. The standard InChI is InChI=1S/C25H30N2O3/c1-17(28)19-14-22(25(29)30-2)24-21(20-10-6-7-11-23(20)26-24)12-13-27(16-19)15-18-8-4-3-5-9-18/h3-11,17,19,22,26,28H,12-16H2,1-2H3/t17-,19-,22-/m0/s1. The van der Waals surface area contributed by atoms with Gasteiger partial charge in [-0.2, -0.15) is 0 Å². The van der Waals surface area contributed by atoms with Crippen LogP contribution in [-0.4, -0.2) is 47.3 Å². The van der Waals surface area contributed by atoms with Gasteiger partial charge in [-0.1, -0.05) is 48.5 Å². The van der Waals surface area contributed by atoms with Crippen LogP contribution >= 0.6 is 0 Å². The molecule has 30 heavy (non-hydrogen) atoms. The molecule has 0 unspecified atom stereocenters. The quantitative estimate of drug-likeness (QED) is 0.646. The normalized spacial score (nSPS) is 21.3. The third-order valence-electron chi connectivity index (χ3n) is 6.32. The van der Waals surface area contributed by atoms with E-state index in [1.165, 1.54) is 18.2 Å². The average molecular weight is 407 g/mol. The number of carbonyl (C=O) groups excluding carboxylic acids is 1. The molecule has 0 saturated heterocycles. The highest BCUT2D eigenvalue weighted by Crippen LogP contribution is 2.35. The number of methoxy groups -OCH3 is 1. The summed E-state index contributed by atoms with van der Waals surface area (Å²) >= 11 is 0. The SMILES string of the molecule is COC(=O)[C@H]1C[C@H]([C@H](C)O)CN(Cc2ccccc2)CCc2c1[nH]c1ccccc21. The van der Waals surface area contributed by atoms with E-state index in [0.29, 0.717) is 6.42 Å². The van der Waals surface area contributed by atoms with E-state index in [4.69, 9.17) is 4.74 Å². The van der Waals surface area contributed by atoms with Gasteiger partial charge in [0.1, 0.15) is 0 Å². The number of aromatic nitrogens is 1. The van der Waals surface area contributed by atoms with E-state index >= 15 is 0 Å². The third kappa shape index (κ3) is 4.27. The van der Waals surface area contributed by atoms with Crippen LogP contribution in [0.3, 0.4) is 0 Å². The summed E-state index contributed by atoms with van der Waals surface area (Å²) in [6, 6.07) is 18.6. The first-order valence-electron chi connectivity index (χ1n) is 10.7. The van der Waals surface area contributed by atoms with Gasteiger partial charge in [-0.05, 0) is 42.9 Å². The van der Waals surface area contributed by atoms with Crippen molar-refractivity contribution in [1.29, 1.82) is 0 Å². The Hall–Kier alpha value is -2.63. The fraction of sp³-hybridized carbons (Fsp3) is 0.400. The molecule has 1 aromatic heterocycles. The smallest absolute Gasteiger partial charge is 0.314 e. The molecule has 0 aliphatic carbocycles. The highest BCUT2D eigenvalue weighted by atomic mass is 16.5. The zero-order valence-corrected chi connectivity index (χ0v) is 17.7. The third-order valence-corrected chi connectivity index (χ3v) is 6.32. The largest absolute Gasteiger partial charge is 0.469 e. The van der Waals surface area contributed by atoms with Gasteiger partial charge in [-0.25, -0.2) is 0 Å². The van der Waals surface area contributed by atoms with Crippen molar-refractivity contribution in [2.45, 2.75) is 38.3 Å². The number of aliphatic hydroxyl groups excluding tert-OH is 1. The van der Waals surface area contributed by atoms with Gasteiger partial charge in [0.15, 0.2) is 0 Å². The van der Waals surface area contributed by atoms with Gasteiger partial charge < -0.3 is 14.8 Å². The lowest BCUT2D eigenvalue weighted by Crippen LogP contribution is -2.36. The number of para-hydroxylation sites is 1. The molecule has 0 saturated carbocycles. The number of fused-ring (bicyclic) bond motifs is 3. The Morgan fingerprint density at radius 3 is 2.67 bits per heavy atom. The number of nitrogens with one attached hydrogen (secondary N) is 1. The highest BCUT2D eigenvalue weighted by molar-refractivity contribution is 5.88. The average Bonchev–Trinajstić information content (AvgIpc) is 3.14. The predicted molar refractivity (Wildman–Crippen MR) is 118 cm³/mol. The molecule has 5 nitrogen and oxygen atoms in total. The first kappa shape index (κ1) is 20.6. The molecule has 3 atom stereocenters. The summed E-state index contributed by atoms with van der Waals surface area (Å²) < 4.78 is 5.18. The minimum Gasteiger partial charge on any atom is -0.469 e. The van der Waals surface area contributed by atoms with Crippen molar-refractivity contribution < 1.29 is 14.6 Å². The molecule has 158 valence electrons. The van der Waals surface area contributed by atoms with Crippen LogP contribution < -0.4 is 0 Å². The van der Waals surface area contributed by atoms with Crippen molar-refractivity contribution in [2.24, 2.45) is 5.92 Å². The second-order valence-electron chi connectivity index (χ2n) is 8.35. The van der Waals surface area contributed by atoms with Crippen LogP contribution in [0.15, 0.2) is 54.6 Å². The number of aromatic amines is 1. The predicted octanol–water partition coefficient (Wildman–Crippen LogP) is 3.87. The van der Waals surface area contributed by atoms with Crippen LogP contribution in [0.2, 0.25) is 0 Å². The second-order valence-corrected chi connectivity index (χ2v) is 8.35. The lowest BCUT2D eigenvalue weighted by Gasteiger charge is -2.29. The number of ether oxygens (including phenoxy) is 1. The molecule has 0 fully saturated rings. The van der Waals surface area contributed by atoms with Crippen LogP contribution in [0.25, 0.3) is 10.9 Å². The zero-order chi connectivity index (χ0) is 21.1. The van der Waals surface area contributed by atoms with Gasteiger partial charge in [0, 0.05) is 36.2 Å². The van der Waals surface area contributed by atoms with Crippen LogP contribution in [0, 0.1) is 5.92 Å². The van der Waals surface area contributed by atoms with Gasteiger partial charge in [-0.15, -0.1) is 0 Å². The fourth-order valence-corrected chi connectivity index (χ4v) is 4.67. The number of nitrogens with zero attached hydrogens (tertiary/aromatic N) is 1. The molecular weight excluding hydrogens is 376 g/mol. The summed E-state index contributed by atoms with van der Waals surface area (Å²) in [6.07, 6.45) is 0.878. The number of hydrogen-bond acceptors (Lipinski definition) is 4. The van der Waals surface area contributed by atoms with Crippen molar-refractivity contribution in [2.75, 3.05) is 20.2 Å². The Kier molecular flexibility index (Phi) is 6.21. The lowest BCUT2D eigenvalue weighted by molar-refractivity contribution is -0.143. The molecule has 2 aromatic carbocycles. The van der Waals surface area contributed by atoms with Crippen molar-refractivity contribution in [1.82, 2.24) is 9.88 Å². The second kappa shape index (κ2) is 9.02. The van der Waals surface area contributed by atoms with Crippen molar-refractivity contribution >= 4 is 16.9 Å². The van der Waals surface area contributed by atoms with E-state index < -0.39 is 12.0 Å². The number of hydrogen-bond donors (Lipinski definition) is 2. The maximum absolute atomic E-state index is 12.8. The van der Waals surface area contributed by atoms with Gasteiger partial charge >= 0.3 is 5.97 Å². The maximum atomic E-state index is 12.8. The number of rotatable bonds is 4. The molecule has 1 aliphatic heterocycles. The van der Waals surface area contributed by atoms with Gasteiger partial charge in [0.2, 0.25) is 0 Å². The monoisotopic (exact) mass is 406 g/mol. The van der Waals surface area contributed by atoms with E-state index in [-0.39, 0.29) is 11.9 Å². The number of H-pyrrole nitrogens is 1. The molecule has 0 amide bonds. The van der Waals surface area contributed by atoms with Crippen molar-refractivity contribution in [3.8, 4) is 0 Å². The Morgan fingerprint density at radius 1 is 1.20 bits per heavy atom. The summed E-state index contributed by atoms with van der Waals surface area (Å²) in [6.45, 7) is 4.25. The summed E-state index contributed by atoms with van der Waals surface area (Å²) in [7, 11) is 1.44. The Labute approximate surface area is 177 Å². The summed E-state index contributed by atoms with van der Waals surface area (Å²) in [5, 5.41) is 11.7. The lowest BCUT2D eigenvalue weighted by atomic mass is 9.87. The van der Waals surface area contributed by atoms with E-state index in [2.05, 4.69) is 46.3 Å². The minimum absolute atomic E-state index is 0.0322. The summed E-state index contributed by atoms with van der Waals surface area (Å²) in [5.41, 5.74) is 4.42. The number of aliphatic hydroxyl groups is 1. The van der Waals surface area contributed by atoms with Crippen molar-refractivity contribution in [3.63, 3.8) is 0 Å². The minimum atomic E-state index is -0.513. The van der Waals surface area contributed by atoms with E-state index in [1.54, 1.807) is 0 Å². The number of esters is 1. The van der Waals surface area contributed by atoms with E-state index in [0.717, 1.165) is 42.7 Å². The van der Waals surface area contributed by atoms with Crippen LogP contribution in [-0.2, 0) is 22.5 Å². The molecule has 0 bridgehead atoms. The van der Waals surface area contributed by atoms with Gasteiger partial charge in [-0.3, -0.25) is 9.69 Å². The first-order valence-corrected chi connectivity index (χ1v) is 10.7. The van der Waals surface area contributed by atoms with Crippen LogP contribution in [0.4, 0.5) is 0 Å². The molecule has 2 N–H and O–H groups in total. The molecule has 4 rings (SSSR count). The molecule has 3 aromatic rings. The summed E-state index contributed by atoms with van der Waals surface area (Å²) in [4.78, 5) is 18.7. The Balaban J connectivity index is 1.74. The first-order chi connectivity index (χ1) is 14.6. The molecular formula is C25H30N2O3. The topological polar surface area (TPSA) is 65.6 Å². The molecule has 5 heteroatoms. The molecule has 0 radical (unpaired) electrons. The summed E-state index contributed by atoms with van der Waals surface area (Å²) in [5.74, 6) is -0.686. The molecule has 0 spiro atoms. The van der Waals surface area contributed by atoms with E-state index in [9.17, 15) is 9.90 Å². The number of carbonyl (C=O) groups is 1. The van der Waals surface area contributed by atoms with Crippen LogP contribution in [0.1, 0.15) is 36.1 Å². The number of benzene rings is 2.